The van der Waals surface area contributed by atoms with Gasteiger partial charge in [-0.2, -0.15) is 0 Å². The van der Waals surface area contributed by atoms with Crippen LogP contribution in [0.2, 0.25) is 5.02 Å². The van der Waals surface area contributed by atoms with Crippen molar-refractivity contribution in [2.45, 2.75) is 38.6 Å². The molecule has 0 radical (unpaired) electrons. The van der Waals surface area contributed by atoms with E-state index in [0.717, 1.165) is 25.9 Å². The first-order chi connectivity index (χ1) is 12.9. The van der Waals surface area contributed by atoms with Crippen molar-refractivity contribution < 1.29 is 14.3 Å². The number of piperidine rings is 1. The lowest BCUT2D eigenvalue weighted by Gasteiger charge is -2.33. The van der Waals surface area contributed by atoms with Gasteiger partial charge in [-0.1, -0.05) is 11.6 Å². The summed E-state index contributed by atoms with van der Waals surface area (Å²) < 4.78 is 5.10. The molecule has 2 N–H and O–H groups in total. The molecule has 144 valence electrons. The van der Waals surface area contributed by atoms with Crippen LogP contribution < -0.4 is 10.1 Å². The molecule has 1 aliphatic heterocycles. The van der Waals surface area contributed by atoms with Crippen molar-refractivity contribution in [3.05, 3.63) is 23.0 Å². The lowest BCUT2D eigenvalue weighted by atomic mass is 9.93. The van der Waals surface area contributed by atoms with E-state index in [1.54, 1.807) is 19.2 Å². The highest BCUT2D eigenvalue weighted by Crippen LogP contribution is 2.53. The molecule has 1 atom stereocenters. The number of likely N-dealkylation sites (tertiary alicyclic amines) is 1. The number of nitrogens with one attached hydrogen (secondary N) is 2. The van der Waals surface area contributed by atoms with Gasteiger partial charge in [-0.05, 0) is 44.1 Å². The Labute approximate surface area is 162 Å². The molecule has 2 aromatic rings. The Hall–Kier alpha value is -2.28. The van der Waals surface area contributed by atoms with Crippen molar-refractivity contribution in [3.63, 3.8) is 0 Å². The molecular weight excluding hydrogens is 368 g/mol. The van der Waals surface area contributed by atoms with Gasteiger partial charge in [0.25, 0.3) is 5.91 Å². The zero-order valence-electron chi connectivity index (χ0n) is 15.5. The van der Waals surface area contributed by atoms with Crippen LogP contribution in [0.4, 0.5) is 0 Å². The quantitative estimate of drug-likeness (QED) is 0.840. The molecule has 2 aromatic heterocycles. The van der Waals surface area contributed by atoms with Gasteiger partial charge in [0.1, 0.15) is 16.8 Å². The third-order valence-electron chi connectivity index (χ3n) is 5.83. The lowest BCUT2D eigenvalue weighted by molar-refractivity contribution is -0.134. The Balaban J connectivity index is 1.43. The smallest absolute Gasteiger partial charge is 0.268 e. The average Bonchev–Trinajstić information content (AvgIpc) is 3.26. The molecule has 27 heavy (non-hydrogen) atoms. The van der Waals surface area contributed by atoms with E-state index in [9.17, 15) is 9.59 Å². The summed E-state index contributed by atoms with van der Waals surface area (Å²) in [6.07, 6.45) is 6.31. The number of carbonyl (C=O) groups is 2. The Morgan fingerprint density at radius 2 is 2.04 bits per heavy atom. The Morgan fingerprint density at radius 1 is 1.33 bits per heavy atom. The minimum absolute atomic E-state index is 0.0312. The van der Waals surface area contributed by atoms with Crippen LogP contribution in [0, 0.1) is 5.41 Å². The van der Waals surface area contributed by atoms with Crippen molar-refractivity contribution in [1.29, 1.82) is 0 Å². The molecule has 7 nitrogen and oxygen atoms in total. The van der Waals surface area contributed by atoms with E-state index in [4.69, 9.17) is 16.3 Å². The zero-order valence-corrected chi connectivity index (χ0v) is 16.2. The fourth-order valence-corrected chi connectivity index (χ4v) is 4.08. The van der Waals surface area contributed by atoms with Gasteiger partial charge in [-0.15, -0.1) is 0 Å². The molecule has 0 bridgehead atoms. The number of H-pyrrole nitrogens is 1. The van der Waals surface area contributed by atoms with Gasteiger partial charge < -0.3 is 19.9 Å². The van der Waals surface area contributed by atoms with E-state index in [1.165, 1.54) is 20.0 Å². The maximum Gasteiger partial charge on any atom is 0.268 e. The number of nitrogens with zero attached hydrogens (tertiary/aromatic N) is 2. The van der Waals surface area contributed by atoms with Crippen LogP contribution in [-0.4, -0.2) is 52.9 Å². The van der Waals surface area contributed by atoms with Crippen LogP contribution in [0.1, 0.15) is 43.1 Å². The molecule has 0 unspecified atom stereocenters. The Bertz CT molecular complexity index is 896. The number of hydrogen-bond acceptors (Lipinski definition) is 4. The molecule has 1 saturated carbocycles. The highest BCUT2D eigenvalue weighted by atomic mass is 35.5. The number of ether oxygens (including phenoxy) is 1. The summed E-state index contributed by atoms with van der Waals surface area (Å²) in [7, 11) is 1.49. The fourth-order valence-electron chi connectivity index (χ4n) is 3.80. The van der Waals surface area contributed by atoms with E-state index < -0.39 is 6.04 Å². The summed E-state index contributed by atoms with van der Waals surface area (Å²) in [4.78, 5) is 34.2. The molecule has 1 spiro atoms. The summed E-state index contributed by atoms with van der Waals surface area (Å²) >= 11 is 6.25. The Morgan fingerprint density at radius 3 is 2.67 bits per heavy atom. The van der Waals surface area contributed by atoms with Crippen molar-refractivity contribution in [3.8, 4) is 5.88 Å². The topological polar surface area (TPSA) is 87.3 Å². The number of pyridine rings is 1. The number of hydrogen-bond donors (Lipinski definition) is 2. The molecule has 3 heterocycles. The third-order valence-corrected chi connectivity index (χ3v) is 6.20. The van der Waals surface area contributed by atoms with Crippen LogP contribution in [0.3, 0.4) is 0 Å². The predicted octanol–water partition coefficient (Wildman–Crippen LogP) is 2.75. The van der Waals surface area contributed by atoms with Crippen molar-refractivity contribution in [1.82, 2.24) is 20.2 Å². The van der Waals surface area contributed by atoms with Crippen molar-refractivity contribution in [2.24, 2.45) is 5.41 Å². The van der Waals surface area contributed by atoms with Gasteiger partial charge >= 0.3 is 0 Å². The highest BCUT2D eigenvalue weighted by Gasteiger charge is 2.45. The number of carbonyl (C=O) groups excluding carboxylic acids is 2. The third kappa shape index (κ3) is 3.36. The first-order valence-corrected chi connectivity index (χ1v) is 9.61. The number of rotatable bonds is 4. The van der Waals surface area contributed by atoms with Gasteiger partial charge in [0.15, 0.2) is 0 Å². The molecular formula is C19H23ClN4O3. The number of halogens is 1. The molecule has 4 rings (SSSR count). The second-order valence-electron chi connectivity index (χ2n) is 7.61. The van der Waals surface area contributed by atoms with E-state index in [2.05, 4.69) is 15.3 Å². The van der Waals surface area contributed by atoms with Crippen molar-refractivity contribution in [2.75, 3.05) is 20.2 Å². The van der Waals surface area contributed by atoms with Crippen LogP contribution >= 0.6 is 11.6 Å². The maximum absolute atomic E-state index is 12.7. The standard InChI is InChI=1S/C19H23ClN4O3/c1-11(18(26)24-7-5-19(3-4-19)6-8-24)22-16(25)13-9-12-14(23-13)10-21-17(27-2)15(12)20/h9-11,23H,3-8H2,1-2H3,(H,22,25)/t11-/m1/s1. The molecule has 1 saturated heterocycles. The van der Waals surface area contributed by atoms with Gasteiger partial charge in [-0.3, -0.25) is 9.59 Å². The number of amides is 2. The lowest BCUT2D eigenvalue weighted by Crippen LogP contribution is -2.49. The van der Waals surface area contributed by atoms with Gasteiger partial charge in [-0.25, -0.2) is 4.98 Å². The highest BCUT2D eigenvalue weighted by molar-refractivity contribution is 6.36. The molecule has 2 amide bonds. The minimum Gasteiger partial charge on any atom is -0.480 e. The molecule has 1 aliphatic carbocycles. The van der Waals surface area contributed by atoms with Crippen LogP contribution in [-0.2, 0) is 4.79 Å². The summed E-state index contributed by atoms with van der Waals surface area (Å²) in [6, 6.07) is 1.06. The summed E-state index contributed by atoms with van der Waals surface area (Å²) in [5.74, 6) is -0.0775. The van der Waals surface area contributed by atoms with E-state index in [-0.39, 0.29) is 11.8 Å². The minimum atomic E-state index is -0.583. The molecule has 8 heteroatoms. The van der Waals surface area contributed by atoms with Gasteiger partial charge in [0.2, 0.25) is 11.8 Å². The fraction of sp³-hybridized carbons (Fsp3) is 0.526. The van der Waals surface area contributed by atoms with Crippen molar-refractivity contribution >= 4 is 34.3 Å². The number of methoxy groups -OCH3 is 1. The number of aromatic amines is 1. The average molecular weight is 391 g/mol. The van der Waals surface area contributed by atoms with E-state index in [1.807, 2.05) is 4.90 Å². The largest absolute Gasteiger partial charge is 0.480 e. The Kier molecular flexibility index (Phi) is 4.50. The second-order valence-corrected chi connectivity index (χ2v) is 7.99. The number of aromatic nitrogens is 2. The monoisotopic (exact) mass is 390 g/mol. The summed E-state index contributed by atoms with van der Waals surface area (Å²) in [5, 5.41) is 3.78. The predicted molar refractivity (Wildman–Crippen MR) is 102 cm³/mol. The zero-order chi connectivity index (χ0) is 19.2. The van der Waals surface area contributed by atoms with Crippen LogP contribution in [0.15, 0.2) is 12.3 Å². The van der Waals surface area contributed by atoms with Crippen LogP contribution in [0.5, 0.6) is 5.88 Å². The molecule has 0 aromatic carbocycles. The maximum atomic E-state index is 12.7. The molecule has 2 fully saturated rings. The first kappa shape index (κ1) is 18.1. The number of fused-ring (bicyclic) bond motifs is 1. The van der Waals surface area contributed by atoms with E-state index in [0.29, 0.717) is 32.9 Å². The van der Waals surface area contributed by atoms with Gasteiger partial charge in [0.05, 0.1) is 18.8 Å². The summed E-state index contributed by atoms with van der Waals surface area (Å²) in [5.41, 5.74) is 1.48. The normalized spacial score (nSPS) is 19.1. The van der Waals surface area contributed by atoms with Gasteiger partial charge in [0, 0.05) is 18.5 Å². The summed E-state index contributed by atoms with van der Waals surface area (Å²) in [6.45, 7) is 3.29. The first-order valence-electron chi connectivity index (χ1n) is 9.23. The SMILES string of the molecule is COc1ncc2[nH]c(C(=O)N[C@H](C)C(=O)N3CCC4(CC3)CC4)cc2c1Cl. The van der Waals surface area contributed by atoms with E-state index >= 15 is 0 Å². The second kappa shape index (κ2) is 6.71. The molecule has 2 aliphatic rings. The van der Waals surface area contributed by atoms with Crippen LogP contribution in [0.25, 0.3) is 10.9 Å².